The summed E-state index contributed by atoms with van der Waals surface area (Å²) in [5.41, 5.74) is 3.00. The molecule has 2 amide bonds. The topological polar surface area (TPSA) is 87.2 Å². The zero-order valence-electron chi connectivity index (χ0n) is 22.6. The van der Waals surface area contributed by atoms with Crippen LogP contribution in [-0.4, -0.2) is 35.0 Å². The summed E-state index contributed by atoms with van der Waals surface area (Å²) >= 11 is 6.10. The summed E-state index contributed by atoms with van der Waals surface area (Å²) in [5.74, 6) is -0.556. The largest absolute Gasteiger partial charge is 0.490 e. The van der Waals surface area contributed by atoms with Crippen LogP contribution in [0, 0.1) is 5.92 Å². The fourth-order valence-corrected chi connectivity index (χ4v) is 6.08. The van der Waals surface area contributed by atoms with Crippen molar-refractivity contribution in [1.82, 2.24) is 0 Å². The monoisotopic (exact) mass is 560 g/mol. The fourth-order valence-electron chi connectivity index (χ4n) is 5.95. The number of benzene rings is 3. The number of fused-ring (bicyclic) bond motifs is 1. The molecule has 0 spiro atoms. The van der Waals surface area contributed by atoms with E-state index in [1.807, 2.05) is 48.2 Å². The molecule has 0 bridgehead atoms. The van der Waals surface area contributed by atoms with Gasteiger partial charge >= 0.3 is 5.97 Å². The Labute approximate surface area is 239 Å². The van der Waals surface area contributed by atoms with Gasteiger partial charge in [-0.3, -0.25) is 14.4 Å². The minimum absolute atomic E-state index is 0.0204. The second-order valence-corrected chi connectivity index (χ2v) is 11.1. The SMILES string of the molecule is CC(=O)N(c1ccc(Cl)cc1)C1C[C@H](C)N(C(=O)c2ccc(OC3CCC(C(=O)O)CC3)cc2)c2ccccc21. The number of ether oxygens (including phenoxy) is 1. The van der Waals surface area contributed by atoms with Gasteiger partial charge in [-0.25, -0.2) is 0 Å². The van der Waals surface area contributed by atoms with Crippen LogP contribution in [0.1, 0.15) is 67.9 Å². The Morgan fingerprint density at radius 3 is 2.20 bits per heavy atom. The highest BCUT2D eigenvalue weighted by atomic mass is 35.5. The number of carboxylic acid groups (broad SMARTS) is 1. The number of aliphatic carboxylic acids is 1. The number of para-hydroxylation sites is 1. The highest BCUT2D eigenvalue weighted by Gasteiger charge is 2.38. The third kappa shape index (κ3) is 5.70. The van der Waals surface area contributed by atoms with Crippen LogP contribution in [0.4, 0.5) is 11.4 Å². The van der Waals surface area contributed by atoms with Gasteiger partial charge in [0.05, 0.1) is 18.1 Å². The zero-order chi connectivity index (χ0) is 28.4. The first-order valence-corrected chi connectivity index (χ1v) is 14.1. The van der Waals surface area contributed by atoms with Crippen molar-refractivity contribution in [2.45, 2.75) is 64.1 Å². The summed E-state index contributed by atoms with van der Waals surface area (Å²) in [4.78, 5) is 41.5. The normalized spacial score (nSPS) is 22.2. The van der Waals surface area contributed by atoms with Crippen molar-refractivity contribution in [3.05, 3.63) is 88.9 Å². The molecule has 5 rings (SSSR count). The van der Waals surface area contributed by atoms with Gasteiger partial charge in [0.2, 0.25) is 5.91 Å². The number of amides is 2. The predicted molar refractivity (Wildman–Crippen MR) is 155 cm³/mol. The maximum Gasteiger partial charge on any atom is 0.306 e. The molecule has 0 radical (unpaired) electrons. The lowest BCUT2D eigenvalue weighted by atomic mass is 9.87. The van der Waals surface area contributed by atoms with Gasteiger partial charge in [0.1, 0.15) is 5.75 Å². The smallest absolute Gasteiger partial charge is 0.306 e. The molecule has 2 atom stereocenters. The van der Waals surface area contributed by atoms with Crippen LogP contribution in [0.3, 0.4) is 0 Å². The van der Waals surface area contributed by atoms with E-state index in [2.05, 4.69) is 0 Å². The second-order valence-electron chi connectivity index (χ2n) is 10.7. The van der Waals surface area contributed by atoms with Crippen LogP contribution in [-0.2, 0) is 9.59 Å². The average molecular weight is 561 g/mol. The number of anilines is 2. The third-order valence-corrected chi connectivity index (χ3v) is 8.21. The van der Waals surface area contributed by atoms with Crippen LogP contribution in [0.5, 0.6) is 5.75 Å². The maximum atomic E-state index is 13.8. The summed E-state index contributed by atoms with van der Waals surface area (Å²) in [6.07, 6.45) is 3.19. The predicted octanol–water partition coefficient (Wildman–Crippen LogP) is 6.90. The molecule has 7 nitrogen and oxygen atoms in total. The molecule has 40 heavy (non-hydrogen) atoms. The van der Waals surface area contributed by atoms with E-state index < -0.39 is 5.97 Å². The van der Waals surface area contributed by atoms with Crippen molar-refractivity contribution < 1.29 is 24.2 Å². The molecule has 0 saturated heterocycles. The van der Waals surface area contributed by atoms with Crippen molar-refractivity contribution >= 4 is 40.8 Å². The van der Waals surface area contributed by atoms with Gasteiger partial charge in [0.25, 0.3) is 5.91 Å². The Bertz CT molecular complexity index is 1380. The van der Waals surface area contributed by atoms with Crippen molar-refractivity contribution in [3.8, 4) is 5.75 Å². The summed E-state index contributed by atoms with van der Waals surface area (Å²) in [7, 11) is 0. The molecular weight excluding hydrogens is 528 g/mol. The zero-order valence-corrected chi connectivity index (χ0v) is 23.4. The first-order valence-electron chi connectivity index (χ1n) is 13.7. The van der Waals surface area contributed by atoms with E-state index in [9.17, 15) is 19.5 Å². The Kier molecular flexibility index (Phi) is 8.12. The maximum absolute atomic E-state index is 13.8. The first kappa shape index (κ1) is 27.7. The Morgan fingerprint density at radius 1 is 0.925 bits per heavy atom. The Hall–Kier alpha value is -3.84. The molecule has 1 aliphatic heterocycles. The van der Waals surface area contributed by atoms with Crippen LogP contribution in [0.25, 0.3) is 0 Å². The van der Waals surface area contributed by atoms with Gasteiger partial charge < -0.3 is 19.6 Å². The van der Waals surface area contributed by atoms with E-state index in [4.69, 9.17) is 16.3 Å². The number of carbonyl (C=O) groups excluding carboxylic acids is 2. The second kappa shape index (κ2) is 11.7. The Morgan fingerprint density at radius 2 is 1.57 bits per heavy atom. The van der Waals surface area contributed by atoms with Gasteiger partial charge in [0, 0.05) is 34.9 Å². The summed E-state index contributed by atoms with van der Waals surface area (Å²) in [6.45, 7) is 3.56. The first-order chi connectivity index (χ1) is 19.2. The van der Waals surface area contributed by atoms with E-state index in [1.165, 1.54) is 0 Å². The minimum Gasteiger partial charge on any atom is -0.490 e. The standard InChI is InChI=1S/C32H33ClN2O5/c1-20-19-30(35(21(2)36)25-13-11-24(33)12-14-25)28-5-3-4-6-29(28)34(20)31(37)22-7-15-26(16-8-22)40-27-17-9-23(10-18-27)32(38)39/h3-8,11-16,20,23,27,30H,9-10,17-19H2,1-2H3,(H,38,39)/t20-,23?,27?,30?/m0/s1. The molecule has 8 heteroatoms. The number of rotatable bonds is 6. The number of hydrogen-bond donors (Lipinski definition) is 1. The summed E-state index contributed by atoms with van der Waals surface area (Å²) in [5, 5.41) is 9.81. The molecule has 1 unspecified atom stereocenters. The van der Waals surface area contributed by atoms with Gasteiger partial charge in [-0.2, -0.15) is 0 Å². The number of nitrogens with zero attached hydrogens (tertiary/aromatic N) is 2. The van der Waals surface area contributed by atoms with Crippen molar-refractivity contribution in [2.75, 3.05) is 9.80 Å². The highest BCUT2D eigenvalue weighted by molar-refractivity contribution is 6.30. The molecule has 2 aliphatic rings. The van der Waals surface area contributed by atoms with Gasteiger partial charge in [-0.05, 0) is 99.2 Å². The van der Waals surface area contributed by atoms with Gasteiger partial charge in [-0.1, -0.05) is 29.8 Å². The van der Waals surface area contributed by atoms with Gasteiger partial charge in [-0.15, -0.1) is 0 Å². The third-order valence-electron chi connectivity index (χ3n) is 7.96. The molecule has 1 fully saturated rings. The van der Waals surface area contributed by atoms with Crippen LogP contribution in [0.2, 0.25) is 5.02 Å². The van der Waals surface area contributed by atoms with Crippen molar-refractivity contribution in [2.24, 2.45) is 5.92 Å². The lowest BCUT2D eigenvalue weighted by Crippen LogP contribution is -2.47. The van der Waals surface area contributed by atoms with Crippen LogP contribution < -0.4 is 14.5 Å². The van der Waals surface area contributed by atoms with E-state index in [0.29, 0.717) is 48.4 Å². The highest BCUT2D eigenvalue weighted by Crippen LogP contribution is 2.43. The van der Waals surface area contributed by atoms with Crippen molar-refractivity contribution in [3.63, 3.8) is 0 Å². The van der Waals surface area contributed by atoms with E-state index >= 15 is 0 Å². The molecular formula is C32H33ClN2O5. The quantitative estimate of drug-likeness (QED) is 0.354. The molecule has 1 N–H and O–H groups in total. The lowest BCUT2D eigenvalue weighted by Gasteiger charge is -2.43. The van der Waals surface area contributed by atoms with E-state index in [1.54, 1.807) is 48.2 Å². The Balaban J connectivity index is 1.35. The summed E-state index contributed by atoms with van der Waals surface area (Å²) in [6, 6.07) is 21.7. The lowest BCUT2D eigenvalue weighted by molar-refractivity contribution is -0.143. The molecule has 0 aromatic heterocycles. The van der Waals surface area contributed by atoms with Crippen molar-refractivity contribution in [1.29, 1.82) is 0 Å². The number of carboxylic acids is 1. The molecule has 208 valence electrons. The van der Waals surface area contributed by atoms with E-state index in [0.717, 1.165) is 16.9 Å². The van der Waals surface area contributed by atoms with Gasteiger partial charge in [0.15, 0.2) is 0 Å². The molecule has 3 aromatic rings. The molecule has 1 heterocycles. The number of carbonyl (C=O) groups is 3. The average Bonchev–Trinajstić information content (AvgIpc) is 2.94. The molecule has 1 aliphatic carbocycles. The molecule has 3 aromatic carbocycles. The minimum atomic E-state index is -0.736. The van der Waals surface area contributed by atoms with Crippen LogP contribution in [0.15, 0.2) is 72.8 Å². The molecule has 1 saturated carbocycles. The van der Waals surface area contributed by atoms with Crippen LogP contribution >= 0.6 is 11.6 Å². The number of halogens is 1. The fraction of sp³-hybridized carbons (Fsp3) is 0.344. The van der Waals surface area contributed by atoms with E-state index in [-0.39, 0.29) is 35.9 Å². The summed E-state index contributed by atoms with van der Waals surface area (Å²) < 4.78 is 6.09. The number of hydrogen-bond acceptors (Lipinski definition) is 4.